The molecule has 2 aromatic heterocycles. The molecule has 0 spiro atoms. The number of rotatable bonds is 4. The van der Waals surface area contributed by atoms with Crippen molar-refractivity contribution in [3.05, 3.63) is 64.5 Å². The molecule has 5 nitrogen and oxygen atoms in total. The Kier molecular flexibility index (Phi) is 4.60. The SMILES string of the molecule is O=C(Cc1cccc(C(F)(F)F)c1)Nc1ccc2nc(-c3cscn3)[nH]c2c1. The first-order valence-electron chi connectivity index (χ1n) is 8.23. The number of carbonyl (C=O) groups is 1. The van der Waals surface area contributed by atoms with Crippen LogP contribution in [0.15, 0.2) is 53.4 Å². The van der Waals surface area contributed by atoms with Crippen molar-refractivity contribution >= 4 is 34.0 Å². The van der Waals surface area contributed by atoms with Crippen LogP contribution in [0.25, 0.3) is 22.6 Å². The number of benzene rings is 2. The van der Waals surface area contributed by atoms with Gasteiger partial charge >= 0.3 is 6.18 Å². The van der Waals surface area contributed by atoms with Crippen molar-refractivity contribution in [2.45, 2.75) is 12.6 Å². The van der Waals surface area contributed by atoms with Crippen LogP contribution >= 0.6 is 11.3 Å². The Morgan fingerprint density at radius 2 is 2.04 bits per heavy atom. The summed E-state index contributed by atoms with van der Waals surface area (Å²) in [5.41, 5.74) is 3.93. The fraction of sp³-hybridized carbons (Fsp3) is 0.105. The highest BCUT2D eigenvalue weighted by molar-refractivity contribution is 7.07. The van der Waals surface area contributed by atoms with Gasteiger partial charge in [-0.2, -0.15) is 13.2 Å². The summed E-state index contributed by atoms with van der Waals surface area (Å²) in [4.78, 5) is 24.0. The zero-order valence-corrected chi connectivity index (χ0v) is 15.1. The van der Waals surface area contributed by atoms with Gasteiger partial charge in [-0.05, 0) is 29.8 Å². The van der Waals surface area contributed by atoms with Crippen LogP contribution in [0.3, 0.4) is 0 Å². The quantitative estimate of drug-likeness (QED) is 0.511. The fourth-order valence-corrected chi connectivity index (χ4v) is 3.32. The van der Waals surface area contributed by atoms with Crippen molar-refractivity contribution in [3.8, 4) is 11.5 Å². The molecule has 0 aliphatic rings. The van der Waals surface area contributed by atoms with Crippen LogP contribution in [0.2, 0.25) is 0 Å². The minimum atomic E-state index is -4.44. The van der Waals surface area contributed by atoms with Crippen LogP contribution in [0, 0.1) is 0 Å². The lowest BCUT2D eigenvalue weighted by Crippen LogP contribution is -2.15. The van der Waals surface area contributed by atoms with Gasteiger partial charge in [0.2, 0.25) is 5.91 Å². The van der Waals surface area contributed by atoms with Gasteiger partial charge in [-0.25, -0.2) is 9.97 Å². The maximum absolute atomic E-state index is 12.8. The number of carbonyl (C=O) groups excluding carboxylic acids is 1. The molecule has 2 heterocycles. The van der Waals surface area contributed by atoms with Gasteiger partial charge in [0.1, 0.15) is 5.69 Å². The highest BCUT2D eigenvalue weighted by Gasteiger charge is 2.30. The largest absolute Gasteiger partial charge is 0.416 e. The van der Waals surface area contributed by atoms with E-state index in [-0.39, 0.29) is 6.42 Å². The van der Waals surface area contributed by atoms with Crippen molar-refractivity contribution in [2.75, 3.05) is 5.32 Å². The number of nitrogens with one attached hydrogen (secondary N) is 2. The van der Waals surface area contributed by atoms with Crippen LogP contribution in [-0.4, -0.2) is 20.9 Å². The molecule has 0 atom stereocenters. The van der Waals surface area contributed by atoms with Crippen LogP contribution in [-0.2, 0) is 17.4 Å². The molecule has 0 aliphatic heterocycles. The number of anilines is 1. The second kappa shape index (κ2) is 7.08. The molecule has 2 N–H and O–H groups in total. The van der Waals surface area contributed by atoms with Crippen molar-refractivity contribution in [1.82, 2.24) is 15.0 Å². The summed E-state index contributed by atoms with van der Waals surface area (Å²) in [5, 5.41) is 4.57. The summed E-state index contributed by atoms with van der Waals surface area (Å²) >= 11 is 1.46. The predicted octanol–water partition coefficient (Wildman–Crippen LogP) is 4.89. The van der Waals surface area contributed by atoms with Crippen LogP contribution < -0.4 is 5.32 Å². The number of alkyl halides is 3. The lowest BCUT2D eigenvalue weighted by atomic mass is 10.1. The van der Waals surface area contributed by atoms with E-state index in [1.807, 2.05) is 5.38 Å². The second-order valence-corrected chi connectivity index (χ2v) is 6.83. The molecule has 28 heavy (non-hydrogen) atoms. The lowest BCUT2D eigenvalue weighted by Gasteiger charge is -2.09. The minimum Gasteiger partial charge on any atom is -0.337 e. The Morgan fingerprint density at radius 1 is 1.18 bits per heavy atom. The Bertz CT molecular complexity index is 1140. The van der Waals surface area contributed by atoms with Gasteiger partial charge in [-0.3, -0.25) is 4.79 Å². The number of hydrogen-bond donors (Lipinski definition) is 2. The molecule has 0 unspecified atom stereocenters. The predicted molar refractivity (Wildman–Crippen MR) is 101 cm³/mol. The molecule has 0 saturated heterocycles. The first-order chi connectivity index (χ1) is 13.4. The highest BCUT2D eigenvalue weighted by Crippen LogP contribution is 2.29. The summed E-state index contributed by atoms with van der Waals surface area (Å²) in [5.74, 6) is 0.224. The third-order valence-corrected chi connectivity index (χ3v) is 4.65. The normalized spacial score (nSPS) is 11.7. The molecule has 0 radical (unpaired) electrons. The van der Waals surface area contributed by atoms with Crippen molar-refractivity contribution in [1.29, 1.82) is 0 Å². The van der Waals surface area contributed by atoms with Crippen LogP contribution in [0.4, 0.5) is 18.9 Å². The summed E-state index contributed by atoms with van der Waals surface area (Å²) in [6, 6.07) is 9.92. The number of aromatic nitrogens is 3. The number of H-pyrrole nitrogens is 1. The standard InChI is InChI=1S/C19H13F3N4OS/c20-19(21,22)12-3-1-2-11(6-12)7-17(27)24-13-4-5-14-15(8-13)26-18(25-14)16-9-28-10-23-16/h1-6,8-10H,7H2,(H,24,27)(H,25,26). The van der Waals surface area contributed by atoms with Gasteiger partial charge in [0, 0.05) is 11.1 Å². The molecule has 4 aromatic rings. The molecule has 0 fully saturated rings. The average molecular weight is 402 g/mol. The van der Waals surface area contributed by atoms with E-state index in [0.717, 1.165) is 28.9 Å². The van der Waals surface area contributed by atoms with Crippen molar-refractivity contribution in [3.63, 3.8) is 0 Å². The molecule has 1 amide bonds. The zero-order chi connectivity index (χ0) is 19.7. The monoisotopic (exact) mass is 402 g/mol. The van der Waals surface area contributed by atoms with E-state index in [4.69, 9.17) is 0 Å². The van der Waals surface area contributed by atoms with Gasteiger partial charge in [0.25, 0.3) is 0 Å². The Hall–Kier alpha value is -3.20. The fourth-order valence-electron chi connectivity index (χ4n) is 2.79. The van der Waals surface area contributed by atoms with Crippen LogP contribution in [0.1, 0.15) is 11.1 Å². The number of halogens is 3. The summed E-state index contributed by atoms with van der Waals surface area (Å²) in [7, 11) is 0. The molecule has 0 bridgehead atoms. The number of amides is 1. The molecule has 0 aliphatic carbocycles. The Balaban J connectivity index is 1.49. The van der Waals surface area contributed by atoms with Crippen molar-refractivity contribution in [2.24, 2.45) is 0 Å². The van der Waals surface area contributed by atoms with Gasteiger partial charge in [0.15, 0.2) is 5.82 Å². The van der Waals surface area contributed by atoms with E-state index >= 15 is 0 Å². The summed E-state index contributed by atoms with van der Waals surface area (Å²) < 4.78 is 38.4. The molecule has 142 valence electrons. The highest BCUT2D eigenvalue weighted by atomic mass is 32.1. The van der Waals surface area contributed by atoms with E-state index in [9.17, 15) is 18.0 Å². The van der Waals surface area contributed by atoms with Gasteiger partial charge in [-0.1, -0.05) is 18.2 Å². The summed E-state index contributed by atoms with van der Waals surface area (Å²) in [6.07, 6.45) is -4.60. The maximum Gasteiger partial charge on any atom is 0.416 e. The zero-order valence-electron chi connectivity index (χ0n) is 14.2. The lowest BCUT2D eigenvalue weighted by molar-refractivity contribution is -0.137. The minimum absolute atomic E-state index is 0.158. The second-order valence-electron chi connectivity index (χ2n) is 6.11. The van der Waals surface area contributed by atoms with Crippen LogP contribution in [0.5, 0.6) is 0 Å². The molecular weight excluding hydrogens is 389 g/mol. The number of nitrogens with zero attached hydrogens (tertiary/aromatic N) is 2. The maximum atomic E-state index is 12.8. The van der Waals surface area contributed by atoms with Gasteiger partial charge in [-0.15, -0.1) is 11.3 Å². The number of aromatic amines is 1. The van der Waals surface area contributed by atoms with Gasteiger partial charge < -0.3 is 10.3 Å². The third kappa shape index (κ3) is 3.89. The Labute approximate surface area is 161 Å². The molecule has 9 heteroatoms. The smallest absolute Gasteiger partial charge is 0.337 e. The molecule has 4 rings (SSSR count). The first-order valence-corrected chi connectivity index (χ1v) is 9.17. The van der Waals surface area contributed by atoms with E-state index in [2.05, 4.69) is 20.3 Å². The molecule has 2 aromatic carbocycles. The van der Waals surface area contributed by atoms with E-state index in [0.29, 0.717) is 17.1 Å². The first kappa shape index (κ1) is 18.2. The summed E-state index contributed by atoms with van der Waals surface area (Å²) in [6.45, 7) is 0. The van der Waals surface area contributed by atoms with E-state index in [1.54, 1.807) is 23.7 Å². The third-order valence-electron chi connectivity index (χ3n) is 4.06. The Morgan fingerprint density at radius 3 is 2.79 bits per heavy atom. The number of thiazole rings is 1. The average Bonchev–Trinajstić information content (AvgIpc) is 3.30. The number of fused-ring (bicyclic) bond motifs is 1. The van der Waals surface area contributed by atoms with E-state index < -0.39 is 17.6 Å². The van der Waals surface area contributed by atoms with E-state index in [1.165, 1.54) is 23.5 Å². The topological polar surface area (TPSA) is 70.7 Å². The number of imidazole rings is 1. The van der Waals surface area contributed by atoms with Crippen molar-refractivity contribution < 1.29 is 18.0 Å². The van der Waals surface area contributed by atoms with Gasteiger partial charge in [0.05, 0.1) is 28.5 Å². The molecular formula is C19H13F3N4OS. The molecule has 0 saturated carbocycles. The number of hydrogen-bond acceptors (Lipinski definition) is 4.